The van der Waals surface area contributed by atoms with Gasteiger partial charge in [0, 0.05) is 21.6 Å². The third-order valence-electron chi connectivity index (χ3n) is 2.47. The van der Waals surface area contributed by atoms with E-state index in [1.54, 1.807) is 6.20 Å². The first kappa shape index (κ1) is 12.7. The van der Waals surface area contributed by atoms with Gasteiger partial charge in [0.1, 0.15) is 6.10 Å². The normalized spacial score (nSPS) is 12.4. The smallest absolute Gasteiger partial charge is 0.101 e. The lowest BCUT2D eigenvalue weighted by Gasteiger charge is -2.12. The van der Waals surface area contributed by atoms with Gasteiger partial charge < -0.3 is 5.11 Å². The van der Waals surface area contributed by atoms with Crippen molar-refractivity contribution >= 4 is 31.9 Å². The molecule has 0 aliphatic carbocycles. The highest BCUT2D eigenvalue weighted by atomic mass is 79.9. The molecule has 2 rings (SSSR count). The van der Waals surface area contributed by atoms with Gasteiger partial charge in [-0.25, -0.2) is 0 Å². The van der Waals surface area contributed by atoms with Crippen LogP contribution in [0, 0.1) is 0 Å². The van der Waals surface area contributed by atoms with Crippen LogP contribution in [-0.4, -0.2) is 10.1 Å². The van der Waals surface area contributed by atoms with Gasteiger partial charge in [0.2, 0.25) is 0 Å². The molecule has 0 saturated carbocycles. The predicted octanol–water partition coefficient (Wildman–Crippen LogP) is 3.88. The first-order chi connectivity index (χ1) is 8.18. The molecular weight excluding hydrogens is 346 g/mol. The third kappa shape index (κ3) is 3.15. The van der Waals surface area contributed by atoms with Crippen LogP contribution in [0.1, 0.15) is 17.4 Å². The van der Waals surface area contributed by atoms with Crippen LogP contribution in [0.25, 0.3) is 0 Å². The number of rotatable bonds is 3. The van der Waals surface area contributed by atoms with E-state index in [0.29, 0.717) is 12.1 Å². The fourth-order valence-electron chi connectivity index (χ4n) is 1.61. The molecule has 88 valence electrons. The zero-order valence-corrected chi connectivity index (χ0v) is 12.1. The quantitative estimate of drug-likeness (QED) is 0.905. The van der Waals surface area contributed by atoms with Crippen LogP contribution in [0.3, 0.4) is 0 Å². The third-order valence-corrected chi connectivity index (χ3v) is 3.92. The van der Waals surface area contributed by atoms with Gasteiger partial charge in [0.25, 0.3) is 0 Å². The highest BCUT2D eigenvalue weighted by Crippen LogP contribution is 2.26. The molecule has 1 aromatic heterocycles. The Morgan fingerprint density at radius 2 is 1.76 bits per heavy atom. The number of nitrogens with zero attached hydrogens (tertiary/aromatic N) is 1. The highest BCUT2D eigenvalue weighted by molar-refractivity contribution is 9.10. The summed E-state index contributed by atoms with van der Waals surface area (Å²) >= 11 is 6.87. The summed E-state index contributed by atoms with van der Waals surface area (Å²) in [5.41, 5.74) is 1.74. The number of aliphatic hydroxyl groups is 1. The summed E-state index contributed by atoms with van der Waals surface area (Å²) in [5, 5.41) is 10.2. The fourth-order valence-corrected chi connectivity index (χ4v) is 2.58. The van der Waals surface area contributed by atoms with E-state index in [0.717, 1.165) is 14.5 Å². The second-order valence-corrected chi connectivity index (χ2v) is 5.39. The highest BCUT2D eigenvalue weighted by Gasteiger charge is 2.14. The van der Waals surface area contributed by atoms with Crippen molar-refractivity contribution in [1.82, 2.24) is 4.98 Å². The lowest BCUT2D eigenvalue weighted by atomic mass is 10.1. The van der Waals surface area contributed by atoms with Gasteiger partial charge in [-0.05, 0) is 39.7 Å². The second kappa shape index (κ2) is 5.76. The van der Waals surface area contributed by atoms with Gasteiger partial charge in [-0.15, -0.1) is 0 Å². The van der Waals surface area contributed by atoms with Crippen molar-refractivity contribution in [2.75, 3.05) is 0 Å². The summed E-state index contributed by atoms with van der Waals surface area (Å²) in [7, 11) is 0. The Kier molecular flexibility index (Phi) is 4.31. The zero-order chi connectivity index (χ0) is 12.3. The Morgan fingerprint density at radius 3 is 2.47 bits per heavy atom. The van der Waals surface area contributed by atoms with Gasteiger partial charge >= 0.3 is 0 Å². The maximum atomic E-state index is 10.2. The van der Waals surface area contributed by atoms with E-state index < -0.39 is 6.10 Å². The fraction of sp³-hybridized carbons (Fsp3) is 0.154. The Morgan fingerprint density at radius 1 is 1.06 bits per heavy atom. The number of hydrogen-bond acceptors (Lipinski definition) is 2. The lowest BCUT2D eigenvalue weighted by Crippen LogP contribution is -2.05. The van der Waals surface area contributed by atoms with E-state index in [1.165, 1.54) is 0 Å². The number of pyridine rings is 1. The molecule has 0 spiro atoms. The first-order valence-electron chi connectivity index (χ1n) is 5.20. The summed E-state index contributed by atoms with van der Waals surface area (Å²) in [6, 6.07) is 11.6. The van der Waals surface area contributed by atoms with Gasteiger partial charge in [-0.1, -0.05) is 34.1 Å². The van der Waals surface area contributed by atoms with Gasteiger partial charge in [0.05, 0.1) is 5.69 Å². The number of aliphatic hydroxyl groups excluding tert-OH is 1. The Labute approximate surface area is 117 Å². The Bertz CT molecular complexity index is 516. The van der Waals surface area contributed by atoms with Crippen molar-refractivity contribution in [3.8, 4) is 0 Å². The van der Waals surface area contributed by atoms with Crippen molar-refractivity contribution < 1.29 is 5.11 Å². The minimum Gasteiger partial charge on any atom is -0.386 e. The van der Waals surface area contributed by atoms with Crippen LogP contribution in [0.15, 0.2) is 51.5 Å². The van der Waals surface area contributed by atoms with Crippen LogP contribution in [-0.2, 0) is 6.42 Å². The predicted molar refractivity (Wildman–Crippen MR) is 74.7 cm³/mol. The van der Waals surface area contributed by atoms with Gasteiger partial charge in [0.15, 0.2) is 0 Å². The van der Waals surface area contributed by atoms with Crippen molar-refractivity contribution in [3.05, 3.63) is 62.8 Å². The Hall–Kier alpha value is -0.710. The van der Waals surface area contributed by atoms with Crippen molar-refractivity contribution in [2.45, 2.75) is 12.5 Å². The number of hydrogen-bond donors (Lipinski definition) is 1. The molecule has 0 aliphatic rings. The minimum atomic E-state index is -0.607. The molecule has 0 fully saturated rings. The molecular formula is C13H11Br2NO. The van der Waals surface area contributed by atoms with Crippen LogP contribution in [0.2, 0.25) is 0 Å². The van der Waals surface area contributed by atoms with Crippen molar-refractivity contribution in [3.63, 3.8) is 0 Å². The van der Waals surface area contributed by atoms with E-state index >= 15 is 0 Å². The molecule has 2 nitrogen and oxygen atoms in total. The van der Waals surface area contributed by atoms with Gasteiger partial charge in [-0.2, -0.15) is 0 Å². The topological polar surface area (TPSA) is 33.1 Å². The standard InChI is InChI=1S/C13H11Br2NO/c14-10-5-2-1-4-9(10)8-12(17)13-11(15)6-3-7-16-13/h1-7,12,17H,8H2. The van der Waals surface area contributed by atoms with E-state index in [2.05, 4.69) is 36.8 Å². The summed E-state index contributed by atoms with van der Waals surface area (Å²) < 4.78 is 1.84. The largest absolute Gasteiger partial charge is 0.386 e. The minimum absolute atomic E-state index is 0.539. The summed E-state index contributed by atoms with van der Waals surface area (Å²) in [4.78, 5) is 4.19. The van der Waals surface area contributed by atoms with Crippen LogP contribution in [0.4, 0.5) is 0 Å². The molecule has 0 bridgehead atoms. The molecule has 2 aromatic rings. The van der Waals surface area contributed by atoms with Crippen molar-refractivity contribution in [2.24, 2.45) is 0 Å². The molecule has 17 heavy (non-hydrogen) atoms. The number of aromatic nitrogens is 1. The van der Waals surface area contributed by atoms with E-state index in [4.69, 9.17) is 0 Å². The summed E-state index contributed by atoms with van der Waals surface area (Å²) in [6.07, 6.45) is 1.62. The summed E-state index contributed by atoms with van der Waals surface area (Å²) in [6.45, 7) is 0. The van der Waals surface area contributed by atoms with E-state index in [1.807, 2.05) is 36.4 Å². The van der Waals surface area contributed by atoms with Crippen LogP contribution in [0.5, 0.6) is 0 Å². The number of benzene rings is 1. The molecule has 0 radical (unpaired) electrons. The lowest BCUT2D eigenvalue weighted by molar-refractivity contribution is 0.172. The molecule has 0 amide bonds. The average molecular weight is 357 g/mol. The summed E-state index contributed by atoms with van der Waals surface area (Å²) in [5.74, 6) is 0. The monoisotopic (exact) mass is 355 g/mol. The molecule has 0 saturated heterocycles. The van der Waals surface area contributed by atoms with Gasteiger partial charge in [-0.3, -0.25) is 4.98 Å². The molecule has 1 atom stereocenters. The molecule has 1 N–H and O–H groups in total. The molecule has 0 aliphatic heterocycles. The SMILES string of the molecule is OC(Cc1ccccc1Br)c1ncccc1Br. The Balaban J connectivity index is 2.20. The molecule has 1 unspecified atom stereocenters. The van der Waals surface area contributed by atoms with Crippen LogP contribution < -0.4 is 0 Å². The molecule has 1 heterocycles. The van der Waals surface area contributed by atoms with Crippen molar-refractivity contribution in [1.29, 1.82) is 0 Å². The maximum Gasteiger partial charge on any atom is 0.101 e. The zero-order valence-electron chi connectivity index (χ0n) is 8.98. The van der Waals surface area contributed by atoms with E-state index in [9.17, 15) is 5.11 Å². The molecule has 4 heteroatoms. The first-order valence-corrected chi connectivity index (χ1v) is 6.79. The van der Waals surface area contributed by atoms with Crippen LogP contribution >= 0.6 is 31.9 Å². The second-order valence-electron chi connectivity index (χ2n) is 3.68. The maximum absolute atomic E-state index is 10.2. The average Bonchev–Trinajstić information content (AvgIpc) is 2.32. The molecule has 1 aromatic carbocycles. The van der Waals surface area contributed by atoms with E-state index in [-0.39, 0.29) is 0 Å². The number of halogens is 2.